The van der Waals surface area contributed by atoms with E-state index in [0.717, 1.165) is 11.3 Å². The first-order valence-electron chi connectivity index (χ1n) is 8.49. The molecule has 0 aliphatic carbocycles. The molecule has 150 valence electrons. The van der Waals surface area contributed by atoms with Crippen LogP contribution < -0.4 is 10.1 Å². The van der Waals surface area contributed by atoms with E-state index in [4.69, 9.17) is 9.57 Å². The first-order chi connectivity index (χ1) is 14.0. The standard InChI is InChI=1S/C20H17F2N3O3S/c1-23-19(26)18(25-27-2)13-7-4-3-6-12(13)10-28-16-11-29-20(24-16)17-14(21)8-5-9-15(17)22/h3-9,11H,10H2,1-2H3,(H,23,26)/b25-18+. The Bertz CT molecular complexity index is 1030. The zero-order valence-corrected chi connectivity index (χ0v) is 16.4. The van der Waals surface area contributed by atoms with Gasteiger partial charge in [0.15, 0.2) is 5.71 Å². The molecule has 6 nitrogen and oxygen atoms in total. The number of amides is 1. The quantitative estimate of drug-likeness (QED) is 0.469. The van der Waals surface area contributed by atoms with Crippen molar-refractivity contribution in [2.75, 3.05) is 14.2 Å². The molecule has 9 heteroatoms. The van der Waals surface area contributed by atoms with Crippen molar-refractivity contribution in [1.29, 1.82) is 0 Å². The summed E-state index contributed by atoms with van der Waals surface area (Å²) in [6, 6.07) is 10.7. The van der Waals surface area contributed by atoms with Crippen molar-refractivity contribution >= 4 is 23.0 Å². The van der Waals surface area contributed by atoms with Gasteiger partial charge in [-0.25, -0.2) is 13.8 Å². The van der Waals surface area contributed by atoms with Crippen molar-refractivity contribution in [3.05, 3.63) is 70.6 Å². The molecule has 1 aromatic heterocycles. The van der Waals surface area contributed by atoms with Crippen LogP contribution in [-0.2, 0) is 16.2 Å². The highest BCUT2D eigenvalue weighted by molar-refractivity contribution is 7.13. The molecule has 29 heavy (non-hydrogen) atoms. The van der Waals surface area contributed by atoms with Crippen molar-refractivity contribution in [2.45, 2.75) is 6.61 Å². The van der Waals surface area contributed by atoms with Crippen LogP contribution >= 0.6 is 11.3 Å². The topological polar surface area (TPSA) is 72.8 Å². The van der Waals surface area contributed by atoms with Crippen molar-refractivity contribution in [1.82, 2.24) is 10.3 Å². The summed E-state index contributed by atoms with van der Waals surface area (Å²) in [6.07, 6.45) is 0. The molecule has 2 aromatic carbocycles. The van der Waals surface area contributed by atoms with Gasteiger partial charge in [-0.3, -0.25) is 4.79 Å². The first-order valence-corrected chi connectivity index (χ1v) is 9.37. The lowest BCUT2D eigenvalue weighted by molar-refractivity contribution is -0.114. The molecule has 0 fully saturated rings. The number of aromatic nitrogens is 1. The van der Waals surface area contributed by atoms with Gasteiger partial charge >= 0.3 is 0 Å². The molecule has 0 saturated carbocycles. The molecule has 1 N–H and O–H groups in total. The Morgan fingerprint density at radius 2 is 1.90 bits per heavy atom. The van der Waals surface area contributed by atoms with Gasteiger partial charge in [-0.1, -0.05) is 35.5 Å². The number of nitrogens with zero attached hydrogens (tertiary/aromatic N) is 2. The second-order valence-corrected chi connectivity index (χ2v) is 6.59. The Balaban J connectivity index is 1.83. The number of benzene rings is 2. The normalized spacial score (nSPS) is 11.2. The van der Waals surface area contributed by atoms with Crippen LogP contribution in [0.4, 0.5) is 8.78 Å². The average molecular weight is 417 g/mol. The van der Waals surface area contributed by atoms with Gasteiger partial charge in [0.05, 0.1) is 10.9 Å². The number of thiazole rings is 1. The van der Waals surface area contributed by atoms with E-state index in [0.29, 0.717) is 11.1 Å². The van der Waals surface area contributed by atoms with Crippen LogP contribution in [0.1, 0.15) is 11.1 Å². The molecule has 0 atom stereocenters. The van der Waals surface area contributed by atoms with Crippen LogP contribution in [0.5, 0.6) is 5.88 Å². The minimum Gasteiger partial charge on any atom is -0.472 e. The number of halogens is 2. The molecular weight excluding hydrogens is 400 g/mol. The summed E-state index contributed by atoms with van der Waals surface area (Å²) in [5, 5.41) is 8.04. The number of hydrogen-bond donors (Lipinski definition) is 1. The van der Waals surface area contributed by atoms with E-state index in [-0.39, 0.29) is 28.8 Å². The van der Waals surface area contributed by atoms with Crippen LogP contribution in [0.2, 0.25) is 0 Å². The molecule has 0 bridgehead atoms. The summed E-state index contributed by atoms with van der Waals surface area (Å²) in [7, 11) is 2.84. The van der Waals surface area contributed by atoms with Gasteiger partial charge in [0, 0.05) is 12.6 Å². The molecule has 0 aliphatic rings. The minimum atomic E-state index is -0.692. The number of ether oxygens (including phenoxy) is 1. The Kier molecular flexibility index (Phi) is 6.50. The molecule has 1 heterocycles. The molecule has 3 aromatic rings. The third kappa shape index (κ3) is 4.57. The summed E-state index contributed by atoms with van der Waals surface area (Å²) in [5.74, 6) is -1.58. The van der Waals surface area contributed by atoms with E-state index >= 15 is 0 Å². The molecule has 0 aliphatic heterocycles. The van der Waals surface area contributed by atoms with Crippen LogP contribution in [0, 0.1) is 11.6 Å². The van der Waals surface area contributed by atoms with Crippen molar-refractivity contribution in [3.63, 3.8) is 0 Å². The zero-order chi connectivity index (χ0) is 20.8. The summed E-state index contributed by atoms with van der Waals surface area (Å²) >= 11 is 1.07. The van der Waals surface area contributed by atoms with E-state index < -0.39 is 17.5 Å². The van der Waals surface area contributed by atoms with Gasteiger partial charge in [-0.05, 0) is 17.7 Å². The highest BCUT2D eigenvalue weighted by Crippen LogP contribution is 2.31. The average Bonchev–Trinajstić information content (AvgIpc) is 3.18. The second-order valence-electron chi connectivity index (χ2n) is 5.73. The zero-order valence-electron chi connectivity index (χ0n) is 15.6. The molecule has 0 radical (unpaired) electrons. The van der Waals surface area contributed by atoms with E-state index in [1.165, 1.54) is 32.4 Å². The fourth-order valence-electron chi connectivity index (χ4n) is 2.59. The van der Waals surface area contributed by atoms with Crippen molar-refractivity contribution < 1.29 is 23.1 Å². The van der Waals surface area contributed by atoms with Crippen LogP contribution in [-0.4, -0.2) is 30.8 Å². The Labute approximate surface area is 169 Å². The summed E-state index contributed by atoms with van der Waals surface area (Å²) in [5.41, 5.74) is 1.10. The Morgan fingerprint density at radius 1 is 1.17 bits per heavy atom. The van der Waals surface area contributed by atoms with Crippen LogP contribution in [0.15, 0.2) is 53.0 Å². The monoisotopic (exact) mass is 417 g/mol. The summed E-state index contributed by atoms with van der Waals surface area (Å²) in [6.45, 7) is 0.0683. The number of hydrogen-bond acceptors (Lipinski definition) is 6. The van der Waals surface area contributed by atoms with Crippen LogP contribution in [0.3, 0.4) is 0 Å². The Hall–Kier alpha value is -3.33. The number of carbonyl (C=O) groups is 1. The molecule has 1 amide bonds. The Morgan fingerprint density at radius 3 is 2.59 bits per heavy atom. The SMILES string of the molecule is CNC(=O)/C(=N/OC)c1ccccc1COc1csc(-c2c(F)cccc2F)n1. The highest BCUT2D eigenvalue weighted by Gasteiger charge is 2.19. The highest BCUT2D eigenvalue weighted by atomic mass is 32.1. The molecule has 0 saturated heterocycles. The third-order valence-corrected chi connectivity index (χ3v) is 4.77. The van der Waals surface area contributed by atoms with Gasteiger partial charge < -0.3 is 14.9 Å². The number of nitrogens with one attached hydrogen (secondary N) is 1. The molecular formula is C20H17F2N3O3S. The van der Waals surface area contributed by atoms with Crippen LogP contribution in [0.25, 0.3) is 10.6 Å². The number of carbonyl (C=O) groups excluding carboxylic acids is 1. The van der Waals surface area contributed by atoms with Crippen molar-refractivity contribution in [2.24, 2.45) is 5.16 Å². The maximum atomic E-state index is 13.9. The lowest BCUT2D eigenvalue weighted by atomic mass is 10.0. The summed E-state index contributed by atoms with van der Waals surface area (Å²) < 4.78 is 33.6. The maximum Gasteiger partial charge on any atom is 0.273 e. The van der Waals surface area contributed by atoms with E-state index in [9.17, 15) is 13.6 Å². The lowest BCUT2D eigenvalue weighted by Gasteiger charge is -2.11. The predicted molar refractivity (Wildman–Crippen MR) is 106 cm³/mol. The van der Waals surface area contributed by atoms with Gasteiger partial charge in [0.25, 0.3) is 5.91 Å². The predicted octanol–water partition coefficient (Wildman–Crippen LogP) is 3.76. The fraction of sp³-hybridized carbons (Fsp3) is 0.150. The van der Waals surface area contributed by atoms with Gasteiger partial charge in [0.2, 0.25) is 5.88 Å². The molecule has 3 rings (SSSR count). The van der Waals surface area contributed by atoms with E-state index in [2.05, 4.69) is 15.5 Å². The smallest absolute Gasteiger partial charge is 0.273 e. The second kappa shape index (κ2) is 9.24. The van der Waals surface area contributed by atoms with Gasteiger partial charge in [-0.2, -0.15) is 0 Å². The minimum absolute atomic E-state index is 0.0683. The van der Waals surface area contributed by atoms with Crippen molar-refractivity contribution in [3.8, 4) is 16.5 Å². The number of oxime groups is 1. The van der Waals surface area contributed by atoms with E-state index in [1.54, 1.807) is 29.6 Å². The molecule has 0 spiro atoms. The third-order valence-electron chi connectivity index (χ3n) is 3.93. The first kappa shape index (κ1) is 20.4. The molecule has 0 unspecified atom stereocenters. The van der Waals surface area contributed by atoms with E-state index in [1.807, 2.05) is 0 Å². The maximum absolute atomic E-state index is 13.9. The number of likely N-dealkylation sites (N-methyl/N-ethyl adjacent to an activating group) is 1. The fourth-order valence-corrected chi connectivity index (χ4v) is 3.38. The number of rotatable bonds is 7. The summed E-state index contributed by atoms with van der Waals surface area (Å²) in [4.78, 5) is 21.0. The largest absolute Gasteiger partial charge is 0.472 e. The van der Waals surface area contributed by atoms with Gasteiger partial charge in [0.1, 0.15) is 30.4 Å². The van der Waals surface area contributed by atoms with Gasteiger partial charge in [-0.15, -0.1) is 11.3 Å². The lowest BCUT2D eigenvalue weighted by Crippen LogP contribution is -2.29.